The molecule has 0 N–H and O–H groups in total. The number of rotatable bonds is 6. The van der Waals surface area contributed by atoms with Crippen molar-refractivity contribution >= 4 is 0 Å². The summed E-state index contributed by atoms with van der Waals surface area (Å²) in [5.74, 6) is 0. The van der Waals surface area contributed by atoms with Crippen molar-refractivity contribution in [2.75, 3.05) is 13.7 Å². The lowest BCUT2D eigenvalue weighted by molar-refractivity contribution is -0.151. The standard InChI is InChI=1S/C20H22O3/c1-21-19-14-8-13-18(23-19)15-22-20(16-9-4-2-5-10-16)17-11-6-3-7-12-17/h2-12,14,18-20H,13,15H2,1H3/t18-,19+/m0/s1. The Balaban J connectivity index is 1.71. The van der Waals surface area contributed by atoms with Gasteiger partial charge in [-0.1, -0.05) is 66.7 Å². The first-order valence-corrected chi connectivity index (χ1v) is 7.93. The minimum atomic E-state index is -0.274. The van der Waals surface area contributed by atoms with Crippen molar-refractivity contribution in [3.8, 4) is 0 Å². The Bertz CT molecular complexity index is 570. The van der Waals surface area contributed by atoms with Crippen molar-refractivity contribution in [1.29, 1.82) is 0 Å². The third-order valence-corrected chi connectivity index (χ3v) is 3.90. The molecule has 0 aromatic heterocycles. The summed E-state index contributed by atoms with van der Waals surface area (Å²) in [6.45, 7) is 0.526. The largest absolute Gasteiger partial charge is 0.366 e. The summed E-state index contributed by atoms with van der Waals surface area (Å²) in [6.07, 6.45) is 4.52. The fourth-order valence-corrected chi connectivity index (χ4v) is 2.72. The molecule has 0 spiro atoms. The van der Waals surface area contributed by atoms with Gasteiger partial charge < -0.3 is 14.2 Å². The van der Waals surface area contributed by atoms with Crippen LogP contribution in [0.25, 0.3) is 0 Å². The molecule has 0 bridgehead atoms. The first-order chi connectivity index (χ1) is 11.4. The van der Waals surface area contributed by atoms with Crippen LogP contribution in [0, 0.1) is 0 Å². The normalized spacial score (nSPS) is 20.8. The fourth-order valence-electron chi connectivity index (χ4n) is 2.72. The van der Waals surface area contributed by atoms with Crippen molar-refractivity contribution < 1.29 is 14.2 Å². The van der Waals surface area contributed by atoms with E-state index in [0.717, 1.165) is 17.5 Å². The van der Waals surface area contributed by atoms with Crippen molar-refractivity contribution in [1.82, 2.24) is 0 Å². The SMILES string of the molecule is CO[C@H]1C=CC[C@@H](COC(c2ccccc2)c2ccccc2)O1. The second-order valence-electron chi connectivity index (χ2n) is 5.56. The molecule has 0 saturated carbocycles. The highest BCUT2D eigenvalue weighted by molar-refractivity contribution is 5.29. The van der Waals surface area contributed by atoms with Gasteiger partial charge >= 0.3 is 0 Å². The van der Waals surface area contributed by atoms with Crippen LogP contribution in [0.5, 0.6) is 0 Å². The summed E-state index contributed by atoms with van der Waals surface area (Å²) < 4.78 is 17.3. The van der Waals surface area contributed by atoms with Crippen LogP contribution in [0.2, 0.25) is 0 Å². The molecule has 0 aliphatic carbocycles. The van der Waals surface area contributed by atoms with Crippen molar-refractivity contribution in [2.45, 2.75) is 24.9 Å². The van der Waals surface area contributed by atoms with E-state index in [-0.39, 0.29) is 18.5 Å². The molecule has 0 amide bonds. The van der Waals surface area contributed by atoms with Crippen LogP contribution >= 0.6 is 0 Å². The van der Waals surface area contributed by atoms with Crippen molar-refractivity contribution in [3.05, 3.63) is 83.9 Å². The van der Waals surface area contributed by atoms with E-state index in [1.165, 1.54) is 0 Å². The Labute approximate surface area is 137 Å². The highest BCUT2D eigenvalue weighted by Gasteiger charge is 2.21. The van der Waals surface area contributed by atoms with Crippen LogP contribution in [0.4, 0.5) is 0 Å². The molecule has 0 fully saturated rings. The van der Waals surface area contributed by atoms with Gasteiger partial charge in [0, 0.05) is 7.11 Å². The molecule has 23 heavy (non-hydrogen) atoms. The molecule has 1 aliphatic rings. The molecule has 1 aliphatic heterocycles. The number of hydrogen-bond donors (Lipinski definition) is 0. The zero-order valence-electron chi connectivity index (χ0n) is 13.3. The third kappa shape index (κ3) is 4.29. The molecule has 2 aromatic rings. The summed E-state index contributed by atoms with van der Waals surface area (Å²) in [5.41, 5.74) is 2.29. The van der Waals surface area contributed by atoms with Gasteiger partial charge in [0.2, 0.25) is 0 Å². The van der Waals surface area contributed by atoms with Gasteiger partial charge in [-0.15, -0.1) is 0 Å². The van der Waals surface area contributed by atoms with Gasteiger partial charge in [-0.25, -0.2) is 0 Å². The monoisotopic (exact) mass is 310 g/mol. The minimum Gasteiger partial charge on any atom is -0.366 e. The van der Waals surface area contributed by atoms with Crippen LogP contribution in [-0.2, 0) is 14.2 Å². The average Bonchev–Trinajstić information content (AvgIpc) is 2.64. The molecule has 0 saturated heterocycles. The molecule has 1 heterocycles. The number of ether oxygens (including phenoxy) is 3. The number of benzene rings is 2. The van der Waals surface area contributed by atoms with Crippen LogP contribution in [0.3, 0.4) is 0 Å². The van der Waals surface area contributed by atoms with Crippen molar-refractivity contribution in [3.63, 3.8) is 0 Å². The molecule has 0 unspecified atom stereocenters. The molecule has 2 aromatic carbocycles. The predicted octanol–water partition coefficient (Wildman–Crippen LogP) is 4.11. The lowest BCUT2D eigenvalue weighted by Gasteiger charge is -2.27. The Morgan fingerprint density at radius 1 is 1.00 bits per heavy atom. The molecule has 0 radical (unpaired) electrons. The third-order valence-electron chi connectivity index (χ3n) is 3.90. The molecule has 3 rings (SSSR count). The zero-order valence-corrected chi connectivity index (χ0v) is 13.3. The Kier molecular flexibility index (Phi) is 5.59. The van der Waals surface area contributed by atoms with Crippen LogP contribution in [-0.4, -0.2) is 26.1 Å². The van der Waals surface area contributed by atoms with Gasteiger partial charge in [0.15, 0.2) is 6.29 Å². The molecule has 3 nitrogen and oxygen atoms in total. The van der Waals surface area contributed by atoms with Gasteiger partial charge in [-0.2, -0.15) is 0 Å². The molecular weight excluding hydrogens is 288 g/mol. The maximum Gasteiger partial charge on any atom is 0.176 e. The van der Waals surface area contributed by atoms with Crippen molar-refractivity contribution in [2.24, 2.45) is 0 Å². The zero-order chi connectivity index (χ0) is 15.9. The second-order valence-corrected chi connectivity index (χ2v) is 5.56. The van der Waals surface area contributed by atoms with Gasteiger partial charge in [0.1, 0.15) is 6.10 Å². The quantitative estimate of drug-likeness (QED) is 0.752. The van der Waals surface area contributed by atoms with E-state index in [4.69, 9.17) is 14.2 Å². The van der Waals surface area contributed by atoms with Gasteiger partial charge in [0.25, 0.3) is 0 Å². The number of methoxy groups -OCH3 is 1. The van der Waals surface area contributed by atoms with E-state index >= 15 is 0 Å². The van der Waals surface area contributed by atoms with E-state index in [1.54, 1.807) is 7.11 Å². The van der Waals surface area contributed by atoms with E-state index < -0.39 is 0 Å². The fraction of sp³-hybridized carbons (Fsp3) is 0.300. The first kappa shape index (κ1) is 15.9. The Morgan fingerprint density at radius 3 is 2.17 bits per heavy atom. The van der Waals surface area contributed by atoms with Crippen LogP contribution in [0.15, 0.2) is 72.8 Å². The Hall–Kier alpha value is -1.94. The summed E-state index contributed by atoms with van der Waals surface area (Å²) >= 11 is 0. The maximum atomic E-state index is 6.23. The van der Waals surface area contributed by atoms with Crippen LogP contribution < -0.4 is 0 Å². The van der Waals surface area contributed by atoms with Crippen LogP contribution in [0.1, 0.15) is 23.7 Å². The lowest BCUT2D eigenvalue weighted by atomic mass is 10.0. The summed E-state index contributed by atoms with van der Waals surface area (Å²) in [4.78, 5) is 0. The van der Waals surface area contributed by atoms with E-state index in [0.29, 0.717) is 6.61 Å². The van der Waals surface area contributed by atoms with Gasteiger partial charge in [-0.3, -0.25) is 0 Å². The van der Waals surface area contributed by atoms with Gasteiger partial charge in [0.05, 0.1) is 12.7 Å². The second kappa shape index (κ2) is 8.06. The summed E-state index contributed by atoms with van der Waals surface area (Å²) in [7, 11) is 1.65. The highest BCUT2D eigenvalue weighted by Crippen LogP contribution is 2.27. The van der Waals surface area contributed by atoms with E-state index in [1.807, 2.05) is 42.5 Å². The lowest BCUT2D eigenvalue weighted by Crippen LogP contribution is -2.29. The topological polar surface area (TPSA) is 27.7 Å². The van der Waals surface area contributed by atoms with Gasteiger partial charge in [-0.05, 0) is 23.6 Å². The summed E-state index contributed by atoms with van der Waals surface area (Å²) in [5, 5.41) is 0. The smallest absolute Gasteiger partial charge is 0.176 e. The minimum absolute atomic E-state index is 0.0138. The molecular formula is C20H22O3. The van der Waals surface area contributed by atoms with E-state index in [2.05, 4.69) is 30.3 Å². The molecule has 3 heteroatoms. The Morgan fingerprint density at radius 2 is 1.61 bits per heavy atom. The average molecular weight is 310 g/mol. The molecule has 2 atom stereocenters. The highest BCUT2D eigenvalue weighted by atomic mass is 16.7. The predicted molar refractivity (Wildman–Crippen MR) is 90.1 cm³/mol. The summed E-state index contributed by atoms with van der Waals surface area (Å²) in [6, 6.07) is 20.6. The number of hydrogen-bond acceptors (Lipinski definition) is 3. The first-order valence-electron chi connectivity index (χ1n) is 7.93. The maximum absolute atomic E-state index is 6.23. The van der Waals surface area contributed by atoms with E-state index in [9.17, 15) is 0 Å². The molecule has 120 valence electrons.